The molecule has 0 saturated heterocycles. The molecule has 0 aromatic heterocycles. The van der Waals surface area contributed by atoms with Gasteiger partial charge in [0.05, 0.1) is 10.5 Å². The molecule has 3 nitrogen and oxygen atoms in total. The molecule has 0 unspecified atom stereocenters. The van der Waals surface area contributed by atoms with Crippen molar-refractivity contribution in [2.75, 3.05) is 13.6 Å². The summed E-state index contributed by atoms with van der Waals surface area (Å²) < 4.78 is 63.7. The van der Waals surface area contributed by atoms with Crippen LogP contribution in [-0.4, -0.2) is 31.1 Å². The van der Waals surface area contributed by atoms with E-state index in [4.69, 9.17) is 0 Å². The Morgan fingerprint density at radius 3 is 2.48 bits per heavy atom. The average Bonchev–Trinajstić information content (AvgIpc) is 2.36. The van der Waals surface area contributed by atoms with Crippen LogP contribution < -0.4 is 0 Å². The number of alkyl halides is 4. The highest BCUT2D eigenvalue weighted by Gasteiger charge is 2.34. The van der Waals surface area contributed by atoms with Crippen molar-refractivity contribution in [1.29, 1.82) is 0 Å². The molecule has 0 N–H and O–H groups in total. The van der Waals surface area contributed by atoms with Crippen LogP contribution in [0.4, 0.5) is 13.2 Å². The van der Waals surface area contributed by atoms with E-state index in [-0.39, 0.29) is 10.8 Å². The van der Waals surface area contributed by atoms with E-state index in [9.17, 15) is 21.6 Å². The van der Waals surface area contributed by atoms with Crippen LogP contribution in [0.5, 0.6) is 0 Å². The first-order valence-corrected chi connectivity index (χ1v) is 8.74. The fraction of sp³-hybridized carbons (Fsp3) is 0.538. The van der Waals surface area contributed by atoms with Gasteiger partial charge in [0.1, 0.15) is 0 Å². The summed E-state index contributed by atoms with van der Waals surface area (Å²) in [5.41, 5.74) is -0.957. The second-order valence-electron chi connectivity index (χ2n) is 5.25. The second kappa shape index (κ2) is 5.89. The van der Waals surface area contributed by atoms with Crippen LogP contribution in [0.1, 0.15) is 18.4 Å². The summed E-state index contributed by atoms with van der Waals surface area (Å²) in [5, 5.41) is 0. The lowest BCUT2D eigenvalue weighted by molar-refractivity contribution is -0.137. The lowest BCUT2D eigenvalue weighted by atomic mass is 9.85. The van der Waals surface area contributed by atoms with E-state index in [1.54, 1.807) is 0 Å². The number of hydrogen-bond acceptors (Lipinski definition) is 2. The van der Waals surface area contributed by atoms with Gasteiger partial charge in [-0.05, 0) is 37.0 Å². The molecule has 0 atom stereocenters. The highest BCUT2D eigenvalue weighted by molar-refractivity contribution is 9.09. The molecule has 118 valence electrons. The standard InChI is InChI=1S/C13H15BrF3NO2S/c1-18(8-9-5-11(14)6-9)21(19,20)12-4-2-3-10(7-12)13(15,16)17/h2-4,7,9,11H,5-6,8H2,1H3. The molecule has 21 heavy (non-hydrogen) atoms. The van der Waals surface area contributed by atoms with Crippen LogP contribution in [0.15, 0.2) is 29.2 Å². The first kappa shape index (κ1) is 16.8. The van der Waals surface area contributed by atoms with E-state index in [0.29, 0.717) is 17.4 Å². The predicted molar refractivity (Wildman–Crippen MR) is 76.7 cm³/mol. The van der Waals surface area contributed by atoms with Crippen molar-refractivity contribution in [3.8, 4) is 0 Å². The molecular formula is C13H15BrF3NO2S. The van der Waals surface area contributed by atoms with Gasteiger partial charge in [0.2, 0.25) is 10.0 Å². The lowest BCUT2D eigenvalue weighted by Gasteiger charge is -2.34. The Kier molecular flexibility index (Phi) is 4.70. The summed E-state index contributed by atoms with van der Waals surface area (Å²) in [4.78, 5) is 0.0849. The first-order chi connectivity index (χ1) is 9.60. The average molecular weight is 386 g/mol. The summed E-state index contributed by atoms with van der Waals surface area (Å²) in [7, 11) is -2.49. The van der Waals surface area contributed by atoms with Crippen molar-refractivity contribution in [3.63, 3.8) is 0 Å². The number of halogens is 4. The van der Waals surface area contributed by atoms with Crippen molar-refractivity contribution in [2.45, 2.75) is 28.7 Å². The third kappa shape index (κ3) is 3.78. The van der Waals surface area contributed by atoms with Gasteiger partial charge in [0, 0.05) is 18.4 Å². The van der Waals surface area contributed by atoms with Crippen molar-refractivity contribution in [1.82, 2.24) is 4.31 Å². The van der Waals surface area contributed by atoms with Gasteiger partial charge in [0.15, 0.2) is 0 Å². The van der Waals surface area contributed by atoms with Crippen molar-refractivity contribution < 1.29 is 21.6 Å². The zero-order valence-electron chi connectivity index (χ0n) is 11.3. The summed E-state index contributed by atoms with van der Waals surface area (Å²) in [6.07, 6.45) is -2.80. The van der Waals surface area contributed by atoms with Crippen LogP contribution in [0, 0.1) is 5.92 Å². The van der Waals surface area contributed by atoms with Gasteiger partial charge >= 0.3 is 6.18 Å². The van der Waals surface area contributed by atoms with Gasteiger partial charge in [0.25, 0.3) is 0 Å². The Hall–Kier alpha value is -0.600. The maximum absolute atomic E-state index is 12.7. The molecule has 0 bridgehead atoms. The highest BCUT2D eigenvalue weighted by Crippen LogP contribution is 2.35. The molecule has 8 heteroatoms. The molecular weight excluding hydrogens is 371 g/mol. The fourth-order valence-corrected chi connectivity index (χ4v) is 4.63. The van der Waals surface area contributed by atoms with Crippen LogP contribution in [0.3, 0.4) is 0 Å². The van der Waals surface area contributed by atoms with E-state index in [2.05, 4.69) is 15.9 Å². The summed E-state index contributed by atoms with van der Waals surface area (Å²) >= 11 is 3.42. The predicted octanol–water partition coefficient (Wildman–Crippen LogP) is 3.50. The van der Waals surface area contributed by atoms with Crippen molar-refractivity contribution in [2.24, 2.45) is 5.92 Å². The number of sulfonamides is 1. The zero-order chi connectivity index (χ0) is 15.8. The zero-order valence-corrected chi connectivity index (χ0v) is 13.7. The molecule has 0 heterocycles. The van der Waals surface area contributed by atoms with E-state index in [1.165, 1.54) is 13.1 Å². The Bertz CT molecular complexity index is 612. The Morgan fingerprint density at radius 1 is 1.33 bits per heavy atom. The van der Waals surface area contributed by atoms with E-state index < -0.39 is 21.8 Å². The third-order valence-corrected chi connectivity index (χ3v) is 6.13. The van der Waals surface area contributed by atoms with Gasteiger partial charge in [-0.1, -0.05) is 22.0 Å². The van der Waals surface area contributed by atoms with E-state index in [0.717, 1.165) is 29.3 Å². The fourth-order valence-electron chi connectivity index (χ4n) is 2.28. The smallest absolute Gasteiger partial charge is 0.207 e. The monoisotopic (exact) mass is 385 g/mol. The normalized spacial score (nSPS) is 23.1. The largest absolute Gasteiger partial charge is 0.416 e. The van der Waals surface area contributed by atoms with E-state index in [1.807, 2.05) is 0 Å². The molecule has 1 fully saturated rings. The Balaban J connectivity index is 2.19. The number of hydrogen-bond donors (Lipinski definition) is 0. The molecule has 0 spiro atoms. The molecule has 2 rings (SSSR count). The van der Waals surface area contributed by atoms with Gasteiger partial charge in [-0.3, -0.25) is 0 Å². The highest BCUT2D eigenvalue weighted by atomic mass is 79.9. The lowest BCUT2D eigenvalue weighted by Crippen LogP contribution is -2.37. The minimum atomic E-state index is -4.55. The molecule has 0 radical (unpaired) electrons. The van der Waals surface area contributed by atoms with Gasteiger partial charge in [-0.2, -0.15) is 13.2 Å². The quantitative estimate of drug-likeness (QED) is 0.743. The maximum atomic E-state index is 12.7. The Morgan fingerprint density at radius 2 is 1.95 bits per heavy atom. The number of nitrogens with zero attached hydrogens (tertiary/aromatic N) is 1. The van der Waals surface area contributed by atoms with Crippen molar-refractivity contribution >= 4 is 26.0 Å². The summed E-state index contributed by atoms with van der Waals surface area (Å²) in [6, 6.07) is 3.84. The first-order valence-electron chi connectivity index (χ1n) is 6.38. The molecule has 1 aromatic rings. The Labute approximate surface area is 130 Å². The molecule has 0 amide bonds. The minimum Gasteiger partial charge on any atom is -0.207 e. The summed E-state index contributed by atoms with van der Waals surface area (Å²) in [6.45, 7) is 0.320. The van der Waals surface area contributed by atoms with Gasteiger partial charge in [-0.15, -0.1) is 0 Å². The molecule has 1 aliphatic carbocycles. The molecule has 1 aromatic carbocycles. The maximum Gasteiger partial charge on any atom is 0.416 e. The van der Waals surface area contributed by atoms with Crippen molar-refractivity contribution in [3.05, 3.63) is 29.8 Å². The summed E-state index contributed by atoms with van der Waals surface area (Å²) in [5.74, 6) is 0.250. The van der Waals surface area contributed by atoms with E-state index >= 15 is 0 Å². The van der Waals surface area contributed by atoms with Crippen LogP contribution in [-0.2, 0) is 16.2 Å². The van der Waals surface area contributed by atoms with Gasteiger partial charge in [-0.25, -0.2) is 12.7 Å². The van der Waals surface area contributed by atoms with Crippen LogP contribution in [0.25, 0.3) is 0 Å². The number of benzene rings is 1. The van der Waals surface area contributed by atoms with Gasteiger partial charge < -0.3 is 0 Å². The third-order valence-electron chi connectivity index (χ3n) is 3.56. The van der Waals surface area contributed by atoms with Crippen LogP contribution in [0.2, 0.25) is 0 Å². The SMILES string of the molecule is CN(CC1CC(Br)C1)S(=O)(=O)c1cccc(C(F)(F)F)c1. The number of rotatable bonds is 4. The topological polar surface area (TPSA) is 37.4 Å². The molecule has 1 aliphatic rings. The second-order valence-corrected chi connectivity index (χ2v) is 8.59. The molecule has 0 aliphatic heterocycles. The van der Waals surface area contributed by atoms with Crippen LogP contribution >= 0.6 is 15.9 Å². The molecule has 1 saturated carbocycles. The minimum absolute atomic E-state index is 0.250.